The molecule has 0 spiro atoms. The van der Waals surface area contributed by atoms with Crippen LogP contribution in [0.2, 0.25) is 5.02 Å². The summed E-state index contributed by atoms with van der Waals surface area (Å²) in [5, 5.41) is 6.48. The SMILES string of the molecule is Nc1nccc2oc(C(=O)Nc3ccc(Cl)cn3)c(NC(=O)C3CCC(N4CCCC4)CC3)c12. The van der Waals surface area contributed by atoms with Crippen molar-refractivity contribution in [1.82, 2.24) is 14.9 Å². The van der Waals surface area contributed by atoms with Crippen molar-refractivity contribution in [3.05, 3.63) is 41.4 Å². The van der Waals surface area contributed by atoms with Crippen LogP contribution in [-0.4, -0.2) is 45.8 Å². The average Bonchev–Trinajstić information content (AvgIpc) is 3.50. The molecule has 10 heteroatoms. The molecule has 1 saturated carbocycles. The second-order valence-corrected chi connectivity index (χ2v) is 9.37. The number of likely N-dealkylation sites (tertiary alicyclic amines) is 1. The van der Waals surface area contributed by atoms with E-state index in [4.69, 9.17) is 21.8 Å². The lowest BCUT2D eigenvalue weighted by atomic mass is 9.84. The van der Waals surface area contributed by atoms with Gasteiger partial charge in [0, 0.05) is 24.4 Å². The summed E-state index contributed by atoms with van der Waals surface area (Å²) in [5.41, 5.74) is 6.70. The molecule has 4 heterocycles. The largest absolute Gasteiger partial charge is 0.448 e. The molecule has 34 heavy (non-hydrogen) atoms. The lowest BCUT2D eigenvalue weighted by molar-refractivity contribution is -0.121. The molecule has 2 aliphatic rings. The maximum absolute atomic E-state index is 13.2. The van der Waals surface area contributed by atoms with Gasteiger partial charge < -0.3 is 25.7 Å². The number of amides is 2. The number of pyridine rings is 2. The molecule has 0 unspecified atom stereocenters. The van der Waals surface area contributed by atoms with E-state index >= 15 is 0 Å². The summed E-state index contributed by atoms with van der Waals surface area (Å²) >= 11 is 5.87. The first-order valence-electron chi connectivity index (χ1n) is 11.6. The van der Waals surface area contributed by atoms with E-state index in [-0.39, 0.29) is 29.1 Å². The number of carbonyl (C=O) groups is 2. The zero-order valence-electron chi connectivity index (χ0n) is 18.7. The Morgan fingerprint density at radius 1 is 1.06 bits per heavy atom. The van der Waals surface area contributed by atoms with Crippen molar-refractivity contribution >= 4 is 51.7 Å². The van der Waals surface area contributed by atoms with Crippen molar-refractivity contribution < 1.29 is 14.0 Å². The number of anilines is 3. The van der Waals surface area contributed by atoms with Gasteiger partial charge in [-0.25, -0.2) is 9.97 Å². The summed E-state index contributed by atoms with van der Waals surface area (Å²) in [4.78, 5) is 37.0. The van der Waals surface area contributed by atoms with Crippen LogP contribution in [0.4, 0.5) is 17.3 Å². The summed E-state index contributed by atoms with van der Waals surface area (Å²) in [5.74, 6) is -0.388. The molecular weight excluding hydrogens is 456 g/mol. The van der Waals surface area contributed by atoms with Gasteiger partial charge in [-0.3, -0.25) is 9.59 Å². The summed E-state index contributed by atoms with van der Waals surface area (Å²) in [6.07, 6.45) is 9.08. The molecule has 0 aromatic carbocycles. The Kier molecular flexibility index (Phi) is 6.38. The van der Waals surface area contributed by atoms with Crippen LogP contribution < -0.4 is 16.4 Å². The van der Waals surface area contributed by atoms with Gasteiger partial charge in [-0.15, -0.1) is 0 Å². The van der Waals surface area contributed by atoms with Crippen LogP contribution in [0.15, 0.2) is 35.0 Å². The van der Waals surface area contributed by atoms with Gasteiger partial charge >= 0.3 is 0 Å². The molecule has 0 radical (unpaired) electrons. The van der Waals surface area contributed by atoms with Crippen molar-refractivity contribution in [2.24, 2.45) is 5.92 Å². The lowest BCUT2D eigenvalue weighted by Gasteiger charge is -2.33. The number of fused-ring (bicyclic) bond motifs is 1. The van der Waals surface area contributed by atoms with E-state index in [1.807, 2.05) is 0 Å². The second kappa shape index (κ2) is 9.60. The van der Waals surface area contributed by atoms with Crippen LogP contribution in [0, 0.1) is 5.92 Å². The van der Waals surface area contributed by atoms with Crippen molar-refractivity contribution in [2.75, 3.05) is 29.5 Å². The van der Waals surface area contributed by atoms with Crippen LogP contribution in [0.5, 0.6) is 0 Å². The Hall–Kier alpha value is -3.17. The summed E-state index contributed by atoms with van der Waals surface area (Å²) in [6.45, 7) is 2.32. The van der Waals surface area contributed by atoms with Crippen molar-refractivity contribution in [3.63, 3.8) is 0 Å². The molecule has 1 aliphatic heterocycles. The fourth-order valence-electron chi connectivity index (χ4n) is 5.01. The van der Waals surface area contributed by atoms with E-state index in [0.29, 0.717) is 27.9 Å². The van der Waals surface area contributed by atoms with Crippen molar-refractivity contribution in [2.45, 2.75) is 44.6 Å². The molecule has 4 N–H and O–H groups in total. The number of nitrogens with one attached hydrogen (secondary N) is 2. The van der Waals surface area contributed by atoms with E-state index in [1.54, 1.807) is 18.2 Å². The standard InChI is InChI=1S/C24H27ClN6O3/c25-15-5-8-18(28-13-15)29-24(33)21-20(19-17(34-21)9-10-27-22(19)26)30-23(32)14-3-6-16(7-4-14)31-11-1-2-12-31/h5,8-10,13-14,16H,1-4,6-7,11-12H2,(H2,26,27)(H,30,32)(H,28,29,33). The van der Waals surface area contributed by atoms with E-state index in [2.05, 4.69) is 25.5 Å². The Bertz CT molecular complexity index is 1200. The average molecular weight is 483 g/mol. The van der Waals surface area contributed by atoms with Gasteiger partial charge in [-0.1, -0.05) is 11.6 Å². The molecule has 0 atom stereocenters. The van der Waals surface area contributed by atoms with Crippen LogP contribution in [0.25, 0.3) is 11.0 Å². The summed E-state index contributed by atoms with van der Waals surface area (Å²) < 4.78 is 5.80. The lowest BCUT2D eigenvalue weighted by Crippen LogP contribution is -2.38. The monoisotopic (exact) mass is 482 g/mol. The number of hydrogen-bond acceptors (Lipinski definition) is 7. The fourth-order valence-corrected chi connectivity index (χ4v) is 5.12. The maximum Gasteiger partial charge on any atom is 0.294 e. The van der Waals surface area contributed by atoms with Gasteiger partial charge in [-0.05, 0) is 69.8 Å². The first kappa shape index (κ1) is 22.6. The Labute approximate surface area is 202 Å². The molecule has 1 saturated heterocycles. The zero-order valence-corrected chi connectivity index (χ0v) is 19.5. The van der Waals surface area contributed by atoms with Crippen molar-refractivity contribution in [1.29, 1.82) is 0 Å². The molecule has 3 aromatic rings. The minimum atomic E-state index is -0.557. The van der Waals surface area contributed by atoms with Gasteiger partial charge in [-0.2, -0.15) is 0 Å². The third-order valence-corrected chi connectivity index (χ3v) is 7.00. The topological polar surface area (TPSA) is 126 Å². The molecule has 2 amide bonds. The molecule has 5 rings (SSSR count). The van der Waals surface area contributed by atoms with Gasteiger partial charge in [0.15, 0.2) is 0 Å². The second-order valence-electron chi connectivity index (χ2n) is 8.93. The van der Waals surface area contributed by atoms with Crippen LogP contribution in [-0.2, 0) is 4.79 Å². The van der Waals surface area contributed by atoms with E-state index < -0.39 is 5.91 Å². The van der Waals surface area contributed by atoms with Crippen molar-refractivity contribution in [3.8, 4) is 0 Å². The van der Waals surface area contributed by atoms with Gasteiger partial charge in [0.1, 0.15) is 22.9 Å². The third kappa shape index (κ3) is 4.58. The van der Waals surface area contributed by atoms with Crippen LogP contribution in [0.1, 0.15) is 49.1 Å². The smallest absolute Gasteiger partial charge is 0.294 e. The number of aromatic nitrogens is 2. The molecule has 1 aliphatic carbocycles. The van der Waals surface area contributed by atoms with E-state index in [1.165, 1.54) is 25.2 Å². The molecule has 2 fully saturated rings. The number of nitrogens with two attached hydrogens (primary N) is 1. The Balaban J connectivity index is 1.36. The normalized spacial score (nSPS) is 21.0. The van der Waals surface area contributed by atoms with Crippen LogP contribution >= 0.6 is 11.6 Å². The predicted octanol–water partition coefficient (Wildman–Crippen LogP) is 4.30. The molecule has 9 nitrogen and oxygen atoms in total. The first-order chi connectivity index (χ1) is 16.5. The highest BCUT2D eigenvalue weighted by Crippen LogP contribution is 2.36. The number of nitrogens with zero attached hydrogens (tertiary/aromatic N) is 3. The minimum Gasteiger partial charge on any atom is -0.448 e. The Morgan fingerprint density at radius 3 is 2.53 bits per heavy atom. The molecular formula is C24H27ClN6O3. The fraction of sp³-hybridized carbons (Fsp3) is 0.417. The summed E-state index contributed by atoms with van der Waals surface area (Å²) in [7, 11) is 0. The number of rotatable bonds is 5. The number of furan rings is 1. The number of nitrogen functional groups attached to an aromatic ring is 1. The third-order valence-electron chi connectivity index (χ3n) is 6.78. The van der Waals surface area contributed by atoms with Gasteiger partial charge in [0.05, 0.1) is 10.4 Å². The molecule has 178 valence electrons. The number of hydrogen-bond donors (Lipinski definition) is 3. The molecule has 3 aromatic heterocycles. The summed E-state index contributed by atoms with van der Waals surface area (Å²) in [6, 6.07) is 5.37. The van der Waals surface area contributed by atoms with E-state index in [0.717, 1.165) is 38.8 Å². The highest BCUT2D eigenvalue weighted by atomic mass is 35.5. The highest BCUT2D eigenvalue weighted by molar-refractivity contribution is 6.30. The zero-order chi connectivity index (χ0) is 23.7. The number of halogens is 1. The van der Waals surface area contributed by atoms with Gasteiger partial charge in [0.2, 0.25) is 11.7 Å². The highest BCUT2D eigenvalue weighted by Gasteiger charge is 2.32. The first-order valence-corrected chi connectivity index (χ1v) is 12.0. The number of carbonyl (C=O) groups excluding carboxylic acids is 2. The molecule has 0 bridgehead atoms. The van der Waals surface area contributed by atoms with Gasteiger partial charge in [0.25, 0.3) is 5.91 Å². The minimum absolute atomic E-state index is 0.0504. The van der Waals surface area contributed by atoms with Crippen LogP contribution in [0.3, 0.4) is 0 Å². The maximum atomic E-state index is 13.2. The quantitative estimate of drug-likeness (QED) is 0.494. The predicted molar refractivity (Wildman–Crippen MR) is 131 cm³/mol. The Morgan fingerprint density at radius 2 is 1.82 bits per heavy atom. The van der Waals surface area contributed by atoms with E-state index in [9.17, 15) is 9.59 Å².